The zero-order chi connectivity index (χ0) is 19.8. The van der Waals surface area contributed by atoms with Crippen LogP contribution in [-0.4, -0.2) is 29.0 Å². The Morgan fingerprint density at radius 2 is 2.04 bits per heavy atom. The number of benzene rings is 1. The first-order valence-corrected chi connectivity index (χ1v) is 8.43. The number of nitrogens with one attached hydrogen (secondary N) is 2. The number of halogens is 4. The van der Waals surface area contributed by atoms with Crippen molar-refractivity contribution in [2.24, 2.45) is 0 Å². The molecule has 1 saturated carbocycles. The van der Waals surface area contributed by atoms with Gasteiger partial charge in [0.05, 0.1) is 34.6 Å². The van der Waals surface area contributed by atoms with Gasteiger partial charge in [-0.15, -0.1) is 0 Å². The first-order chi connectivity index (χ1) is 12.7. The van der Waals surface area contributed by atoms with E-state index in [1.165, 1.54) is 26.2 Å². The molecule has 1 amide bonds. The van der Waals surface area contributed by atoms with E-state index >= 15 is 0 Å². The van der Waals surface area contributed by atoms with Crippen molar-refractivity contribution >= 4 is 29.1 Å². The summed E-state index contributed by atoms with van der Waals surface area (Å²) in [7, 11) is 1.40. The van der Waals surface area contributed by atoms with Crippen LogP contribution in [0.25, 0.3) is 0 Å². The highest BCUT2D eigenvalue weighted by molar-refractivity contribution is 6.33. The smallest absolute Gasteiger partial charge is 0.419 e. The molecular formula is C17H16ClF3N4O2. The highest BCUT2D eigenvalue weighted by Crippen LogP contribution is 2.34. The molecule has 10 heteroatoms. The lowest BCUT2D eigenvalue weighted by atomic mass is 10.1. The van der Waals surface area contributed by atoms with E-state index < -0.39 is 11.7 Å². The molecule has 0 saturated heterocycles. The van der Waals surface area contributed by atoms with Gasteiger partial charge >= 0.3 is 6.18 Å². The van der Waals surface area contributed by atoms with Crippen molar-refractivity contribution in [1.82, 2.24) is 15.3 Å². The van der Waals surface area contributed by atoms with Gasteiger partial charge in [-0.2, -0.15) is 13.2 Å². The van der Waals surface area contributed by atoms with Crippen LogP contribution in [0.5, 0.6) is 5.75 Å². The molecule has 2 N–H and O–H groups in total. The highest BCUT2D eigenvalue weighted by Gasteiger charge is 2.33. The molecule has 0 unspecified atom stereocenters. The van der Waals surface area contributed by atoms with Gasteiger partial charge in [0, 0.05) is 18.3 Å². The zero-order valence-electron chi connectivity index (χ0n) is 14.4. The Balaban J connectivity index is 1.86. The lowest BCUT2D eigenvalue weighted by Gasteiger charge is -2.14. The van der Waals surface area contributed by atoms with Crippen molar-refractivity contribution < 1.29 is 22.7 Å². The van der Waals surface area contributed by atoms with E-state index in [0.717, 1.165) is 12.8 Å². The number of ether oxygens (including phenoxy) is 1. The van der Waals surface area contributed by atoms with Gasteiger partial charge in [0.25, 0.3) is 5.91 Å². The molecule has 0 aliphatic heterocycles. The second-order valence-electron chi connectivity index (χ2n) is 6.10. The fourth-order valence-corrected chi connectivity index (χ4v) is 2.62. The summed E-state index contributed by atoms with van der Waals surface area (Å²) in [5.74, 6) is -0.0901. The van der Waals surface area contributed by atoms with Gasteiger partial charge in [0.2, 0.25) is 5.95 Å². The van der Waals surface area contributed by atoms with E-state index in [2.05, 4.69) is 20.6 Å². The van der Waals surface area contributed by atoms with Gasteiger partial charge in [-0.1, -0.05) is 11.6 Å². The van der Waals surface area contributed by atoms with E-state index in [0.29, 0.717) is 11.9 Å². The van der Waals surface area contributed by atoms with E-state index in [1.54, 1.807) is 0 Å². The number of nitrogens with zero attached hydrogens (tertiary/aromatic N) is 2. The number of aromatic nitrogens is 2. The van der Waals surface area contributed by atoms with Crippen LogP contribution in [0.15, 0.2) is 18.3 Å². The molecule has 2 aromatic rings. The number of alkyl halides is 3. The molecule has 1 aliphatic carbocycles. The van der Waals surface area contributed by atoms with Crippen LogP contribution in [0.2, 0.25) is 5.02 Å². The quantitative estimate of drug-likeness (QED) is 0.790. The van der Waals surface area contributed by atoms with Crippen molar-refractivity contribution in [2.45, 2.75) is 32.0 Å². The van der Waals surface area contributed by atoms with E-state index in [1.807, 2.05) is 0 Å². The molecule has 27 heavy (non-hydrogen) atoms. The molecule has 6 nitrogen and oxygen atoms in total. The summed E-state index contributed by atoms with van der Waals surface area (Å²) in [6.07, 6.45) is -1.95. The predicted octanol–water partition coefficient (Wildman–Crippen LogP) is 4.10. The highest BCUT2D eigenvalue weighted by atomic mass is 35.5. The van der Waals surface area contributed by atoms with Crippen LogP contribution in [0.1, 0.15) is 34.5 Å². The SMILES string of the molecule is COc1cc(Nc2ncc(C(F)(F)F)c(C)n2)c(Cl)cc1C(=O)NC1CC1. The number of methoxy groups -OCH3 is 1. The van der Waals surface area contributed by atoms with Crippen molar-refractivity contribution in [3.63, 3.8) is 0 Å². The molecule has 144 valence electrons. The van der Waals surface area contributed by atoms with Gasteiger partial charge in [-0.05, 0) is 25.8 Å². The second kappa shape index (κ2) is 7.22. The summed E-state index contributed by atoms with van der Waals surface area (Å²) < 4.78 is 43.7. The monoisotopic (exact) mass is 400 g/mol. The minimum Gasteiger partial charge on any atom is -0.496 e. The van der Waals surface area contributed by atoms with Crippen LogP contribution in [0, 0.1) is 6.92 Å². The van der Waals surface area contributed by atoms with Crippen molar-refractivity contribution in [3.8, 4) is 5.75 Å². The molecular weight excluding hydrogens is 385 g/mol. The van der Waals surface area contributed by atoms with Crippen LogP contribution in [-0.2, 0) is 6.18 Å². The fraction of sp³-hybridized carbons (Fsp3) is 0.353. The summed E-state index contributed by atoms with van der Waals surface area (Å²) in [6, 6.07) is 3.07. The predicted molar refractivity (Wildman–Crippen MR) is 93.5 cm³/mol. The van der Waals surface area contributed by atoms with Gasteiger partial charge in [0.1, 0.15) is 5.75 Å². The Labute approximate surface area is 158 Å². The Morgan fingerprint density at radius 1 is 1.33 bits per heavy atom. The summed E-state index contributed by atoms with van der Waals surface area (Å²) >= 11 is 6.21. The van der Waals surface area contributed by atoms with Gasteiger partial charge in [-0.25, -0.2) is 9.97 Å². The lowest BCUT2D eigenvalue weighted by Crippen LogP contribution is -2.25. The van der Waals surface area contributed by atoms with Crippen molar-refractivity contribution in [2.75, 3.05) is 12.4 Å². The number of amides is 1. The third kappa shape index (κ3) is 4.41. The minimum absolute atomic E-state index is 0.0559. The average Bonchev–Trinajstić information content (AvgIpc) is 3.39. The number of rotatable bonds is 5. The number of carbonyl (C=O) groups excluding carboxylic acids is 1. The third-order valence-corrected chi connectivity index (χ3v) is 4.29. The molecule has 1 fully saturated rings. The summed E-state index contributed by atoms with van der Waals surface area (Å²) in [4.78, 5) is 19.8. The topological polar surface area (TPSA) is 76.1 Å². The zero-order valence-corrected chi connectivity index (χ0v) is 15.2. The molecule has 3 rings (SSSR count). The van der Waals surface area contributed by atoms with Crippen LogP contribution < -0.4 is 15.4 Å². The number of anilines is 2. The van der Waals surface area contributed by atoms with Crippen molar-refractivity contribution in [3.05, 3.63) is 40.2 Å². The Kier molecular flexibility index (Phi) is 5.14. The molecule has 0 atom stereocenters. The van der Waals surface area contributed by atoms with Crippen molar-refractivity contribution in [1.29, 1.82) is 0 Å². The maximum Gasteiger partial charge on any atom is 0.419 e. The maximum atomic E-state index is 12.8. The van der Waals surface area contributed by atoms with Gasteiger partial charge in [-0.3, -0.25) is 4.79 Å². The number of hydrogen-bond acceptors (Lipinski definition) is 5. The Bertz CT molecular complexity index is 885. The molecule has 0 spiro atoms. The van der Waals surface area contributed by atoms with Crippen LogP contribution in [0.3, 0.4) is 0 Å². The Hall–Kier alpha value is -2.55. The Morgan fingerprint density at radius 3 is 2.59 bits per heavy atom. The number of hydrogen-bond donors (Lipinski definition) is 2. The van der Waals surface area contributed by atoms with Crippen LogP contribution in [0.4, 0.5) is 24.8 Å². The summed E-state index contributed by atoms with van der Waals surface area (Å²) in [5.41, 5.74) is -0.563. The van der Waals surface area contributed by atoms with E-state index in [-0.39, 0.29) is 39.9 Å². The van der Waals surface area contributed by atoms with E-state index in [4.69, 9.17) is 16.3 Å². The fourth-order valence-electron chi connectivity index (χ4n) is 2.41. The molecule has 1 aliphatic rings. The first kappa shape index (κ1) is 19.2. The molecule has 0 radical (unpaired) electrons. The molecule has 1 aromatic heterocycles. The normalized spacial score (nSPS) is 14.0. The standard InChI is InChI=1S/C17H16ClF3N4O2/c1-8-11(17(19,20)21)7-22-16(23-8)25-13-6-14(27-2)10(5-12(13)18)15(26)24-9-3-4-9/h5-7,9H,3-4H2,1-2H3,(H,24,26)(H,22,23,25). The van der Waals surface area contributed by atoms with Crippen LogP contribution >= 0.6 is 11.6 Å². The summed E-state index contributed by atoms with van der Waals surface area (Å²) in [6.45, 7) is 1.24. The number of aryl methyl sites for hydroxylation is 1. The minimum atomic E-state index is -4.53. The molecule has 0 bridgehead atoms. The maximum absolute atomic E-state index is 12.8. The van der Waals surface area contributed by atoms with Gasteiger partial charge < -0.3 is 15.4 Å². The summed E-state index contributed by atoms with van der Waals surface area (Å²) in [5, 5.41) is 5.77. The molecule has 1 aromatic carbocycles. The average molecular weight is 401 g/mol. The first-order valence-electron chi connectivity index (χ1n) is 8.05. The largest absolute Gasteiger partial charge is 0.496 e. The lowest BCUT2D eigenvalue weighted by molar-refractivity contribution is -0.138. The second-order valence-corrected chi connectivity index (χ2v) is 6.50. The van der Waals surface area contributed by atoms with E-state index in [9.17, 15) is 18.0 Å². The number of carbonyl (C=O) groups is 1. The molecule has 1 heterocycles. The van der Waals surface area contributed by atoms with Gasteiger partial charge in [0.15, 0.2) is 0 Å². The third-order valence-electron chi connectivity index (χ3n) is 3.98.